The molecule has 0 aliphatic heterocycles. The van der Waals surface area contributed by atoms with E-state index in [9.17, 15) is 4.79 Å². The number of nitrogens with one attached hydrogen (secondary N) is 1. The normalized spacial score (nSPS) is 14.7. The molecule has 3 aromatic rings. The molecule has 1 fully saturated rings. The second kappa shape index (κ2) is 11.1. The van der Waals surface area contributed by atoms with Crippen LogP contribution in [0.1, 0.15) is 43.7 Å². The molecule has 4 rings (SSSR count). The van der Waals surface area contributed by atoms with Crippen molar-refractivity contribution in [3.8, 4) is 11.4 Å². The van der Waals surface area contributed by atoms with E-state index in [0.717, 1.165) is 39.4 Å². The van der Waals surface area contributed by atoms with Crippen molar-refractivity contribution in [1.29, 1.82) is 0 Å². The van der Waals surface area contributed by atoms with E-state index < -0.39 is 0 Å². The minimum Gasteiger partial charge on any atom is -0.299 e. The van der Waals surface area contributed by atoms with Gasteiger partial charge < -0.3 is 0 Å². The van der Waals surface area contributed by atoms with E-state index in [-0.39, 0.29) is 11.7 Å². The van der Waals surface area contributed by atoms with Gasteiger partial charge in [0.25, 0.3) is 5.91 Å². The lowest BCUT2D eigenvalue weighted by atomic mass is 9.95. The highest BCUT2D eigenvalue weighted by Gasteiger charge is 2.24. The zero-order valence-electron chi connectivity index (χ0n) is 17.4. The third kappa shape index (κ3) is 5.79. The number of amides is 1. The van der Waals surface area contributed by atoms with E-state index in [0.29, 0.717) is 11.1 Å². The van der Waals surface area contributed by atoms with E-state index in [1.165, 1.54) is 31.0 Å². The predicted molar refractivity (Wildman–Crippen MR) is 133 cm³/mol. The number of hydrogen-bond acceptors (Lipinski definition) is 5. The molecule has 6 nitrogen and oxygen atoms in total. The van der Waals surface area contributed by atoms with Gasteiger partial charge in [0.15, 0.2) is 11.0 Å². The first-order valence-electron chi connectivity index (χ1n) is 10.5. The summed E-state index contributed by atoms with van der Waals surface area (Å²) in [7, 11) is 0. The van der Waals surface area contributed by atoms with Gasteiger partial charge in [0.2, 0.25) is 0 Å². The van der Waals surface area contributed by atoms with Crippen LogP contribution in [0.4, 0.5) is 0 Å². The number of halogens is 2. The fourth-order valence-corrected chi connectivity index (χ4v) is 5.07. The number of carbonyl (C=O) groups excluding carboxylic acids is 1. The first-order valence-corrected chi connectivity index (χ1v) is 12.7. The summed E-state index contributed by atoms with van der Waals surface area (Å²) in [4.78, 5) is 12.4. The summed E-state index contributed by atoms with van der Waals surface area (Å²) in [6, 6.07) is 15.7. The van der Waals surface area contributed by atoms with Crippen LogP contribution in [0.2, 0.25) is 5.02 Å². The molecule has 0 bridgehead atoms. The Morgan fingerprint density at radius 2 is 1.91 bits per heavy atom. The first kappa shape index (κ1) is 23.0. The van der Waals surface area contributed by atoms with Gasteiger partial charge in [-0.2, -0.15) is 5.10 Å². The van der Waals surface area contributed by atoms with Gasteiger partial charge in [0.1, 0.15) is 0 Å². The van der Waals surface area contributed by atoms with Gasteiger partial charge in [0.05, 0.1) is 12.0 Å². The number of hydrogen-bond donors (Lipinski definition) is 1. The summed E-state index contributed by atoms with van der Waals surface area (Å²) < 4.78 is 3.12. The number of hydrazone groups is 1. The monoisotopic (exact) mass is 531 g/mol. The Morgan fingerprint density at radius 1 is 1.16 bits per heavy atom. The molecular weight excluding hydrogens is 510 g/mol. The molecule has 1 N–H and O–H groups in total. The minimum atomic E-state index is -0.190. The highest BCUT2D eigenvalue weighted by Crippen LogP contribution is 2.35. The molecular formula is C23H23BrClN5OS. The zero-order valence-corrected chi connectivity index (χ0v) is 20.5. The van der Waals surface area contributed by atoms with Crippen LogP contribution in [0.15, 0.2) is 63.3 Å². The molecule has 32 heavy (non-hydrogen) atoms. The van der Waals surface area contributed by atoms with Crippen LogP contribution in [0.5, 0.6) is 0 Å². The maximum absolute atomic E-state index is 12.4. The fraction of sp³-hybridized carbons (Fsp3) is 0.304. The van der Waals surface area contributed by atoms with Crippen LogP contribution < -0.4 is 5.43 Å². The van der Waals surface area contributed by atoms with Crippen LogP contribution in [0, 0.1) is 0 Å². The van der Waals surface area contributed by atoms with E-state index in [1.807, 2.05) is 48.5 Å². The highest BCUT2D eigenvalue weighted by molar-refractivity contribution is 9.10. The Balaban J connectivity index is 1.46. The average Bonchev–Trinajstić information content (AvgIpc) is 3.24. The first-order chi connectivity index (χ1) is 15.6. The van der Waals surface area contributed by atoms with Crippen molar-refractivity contribution in [2.45, 2.75) is 43.3 Å². The quantitative estimate of drug-likeness (QED) is 0.226. The number of aromatic nitrogens is 3. The number of rotatable bonds is 7. The average molecular weight is 533 g/mol. The van der Waals surface area contributed by atoms with Crippen molar-refractivity contribution in [3.63, 3.8) is 0 Å². The van der Waals surface area contributed by atoms with Crippen LogP contribution in [-0.2, 0) is 4.79 Å². The summed E-state index contributed by atoms with van der Waals surface area (Å²) in [5.41, 5.74) is 4.46. The number of carbonyl (C=O) groups is 1. The molecule has 1 aliphatic carbocycles. The summed E-state index contributed by atoms with van der Waals surface area (Å²) in [6.45, 7) is 0. The standard InChI is InChI=1S/C23H23BrClN5OS/c24-20-9-5-4-6-17(20)14-26-27-21(31)15-32-23-29-28-22(16-10-12-18(25)13-11-16)30(23)19-7-2-1-3-8-19/h4-6,9-14,19H,1-3,7-8,15H2,(H,27,31)/b26-14-. The highest BCUT2D eigenvalue weighted by atomic mass is 79.9. The third-order valence-electron chi connectivity index (χ3n) is 5.34. The molecule has 0 atom stereocenters. The maximum atomic E-state index is 12.4. The van der Waals surface area contributed by atoms with Crippen LogP contribution >= 0.6 is 39.3 Å². The molecule has 1 amide bonds. The van der Waals surface area contributed by atoms with Gasteiger partial charge >= 0.3 is 0 Å². The summed E-state index contributed by atoms with van der Waals surface area (Å²) in [5, 5.41) is 14.4. The molecule has 0 spiro atoms. The summed E-state index contributed by atoms with van der Waals surface area (Å²) >= 11 is 10.9. The third-order valence-corrected chi connectivity index (χ3v) is 7.25. The number of nitrogens with zero attached hydrogens (tertiary/aromatic N) is 4. The molecule has 0 radical (unpaired) electrons. The van der Waals surface area contributed by atoms with Gasteiger partial charge in [-0.05, 0) is 43.2 Å². The molecule has 2 aromatic carbocycles. The van der Waals surface area contributed by atoms with E-state index in [2.05, 4.69) is 41.2 Å². The van der Waals surface area contributed by atoms with E-state index in [1.54, 1.807) is 6.21 Å². The second-order valence-corrected chi connectivity index (χ2v) is 9.81. The SMILES string of the molecule is O=C(CSc1nnc(-c2ccc(Cl)cc2)n1C1CCCCC1)N/N=C\c1ccccc1Br. The fourth-order valence-electron chi connectivity index (χ4n) is 3.76. The van der Waals surface area contributed by atoms with Crippen molar-refractivity contribution >= 4 is 51.4 Å². The zero-order chi connectivity index (χ0) is 22.3. The Morgan fingerprint density at radius 3 is 2.66 bits per heavy atom. The second-order valence-electron chi connectivity index (χ2n) is 7.58. The number of benzene rings is 2. The van der Waals surface area contributed by atoms with E-state index in [4.69, 9.17) is 11.6 Å². The predicted octanol–water partition coefficient (Wildman–Crippen LogP) is 6.11. The molecule has 1 aromatic heterocycles. The van der Waals surface area contributed by atoms with Crippen molar-refractivity contribution in [1.82, 2.24) is 20.2 Å². The van der Waals surface area contributed by atoms with Gasteiger partial charge in [0, 0.05) is 26.7 Å². The lowest BCUT2D eigenvalue weighted by Crippen LogP contribution is -2.20. The largest absolute Gasteiger partial charge is 0.299 e. The van der Waals surface area contributed by atoms with Gasteiger partial charge in [-0.25, -0.2) is 5.43 Å². The minimum absolute atomic E-state index is 0.190. The molecule has 9 heteroatoms. The van der Waals surface area contributed by atoms with Crippen molar-refractivity contribution < 1.29 is 4.79 Å². The molecule has 1 saturated carbocycles. The molecule has 1 aliphatic rings. The Labute approximate surface area is 205 Å². The lowest BCUT2D eigenvalue weighted by molar-refractivity contribution is -0.118. The van der Waals surface area contributed by atoms with Crippen molar-refractivity contribution in [2.75, 3.05) is 5.75 Å². The molecule has 166 valence electrons. The van der Waals surface area contributed by atoms with Gasteiger partial charge in [-0.15, -0.1) is 10.2 Å². The lowest BCUT2D eigenvalue weighted by Gasteiger charge is -2.25. The molecule has 1 heterocycles. The summed E-state index contributed by atoms with van der Waals surface area (Å²) in [5.74, 6) is 0.839. The van der Waals surface area contributed by atoms with E-state index >= 15 is 0 Å². The molecule has 0 unspecified atom stereocenters. The van der Waals surface area contributed by atoms with Crippen LogP contribution in [0.25, 0.3) is 11.4 Å². The topological polar surface area (TPSA) is 72.2 Å². The van der Waals surface area contributed by atoms with Gasteiger partial charge in [-0.3, -0.25) is 9.36 Å². The number of thioether (sulfide) groups is 1. The Hall–Kier alpha value is -2.16. The maximum Gasteiger partial charge on any atom is 0.250 e. The van der Waals surface area contributed by atoms with Gasteiger partial charge in [-0.1, -0.05) is 76.8 Å². The summed E-state index contributed by atoms with van der Waals surface area (Å²) in [6.07, 6.45) is 7.45. The van der Waals surface area contributed by atoms with Crippen molar-refractivity contribution in [2.24, 2.45) is 5.10 Å². The Kier molecular flexibility index (Phi) is 8.00. The van der Waals surface area contributed by atoms with Crippen LogP contribution in [-0.4, -0.2) is 32.6 Å². The van der Waals surface area contributed by atoms with Crippen LogP contribution in [0.3, 0.4) is 0 Å². The molecule has 0 saturated heterocycles. The smallest absolute Gasteiger partial charge is 0.250 e. The Bertz CT molecular complexity index is 1100. The van der Waals surface area contributed by atoms with Crippen molar-refractivity contribution in [3.05, 3.63) is 63.6 Å².